The van der Waals surface area contributed by atoms with E-state index in [0.29, 0.717) is 24.0 Å². The Morgan fingerprint density at radius 2 is 1.79 bits per heavy atom. The molecule has 3 heterocycles. The number of thiazole rings is 1. The fourth-order valence-corrected chi connectivity index (χ4v) is 3.77. The van der Waals surface area contributed by atoms with E-state index in [1.807, 2.05) is 4.90 Å². The highest BCUT2D eigenvalue weighted by atomic mass is 32.1. The van der Waals surface area contributed by atoms with Crippen LogP contribution in [0.4, 0.5) is 28.9 Å². The third kappa shape index (κ3) is 5.37. The first kappa shape index (κ1) is 22.5. The summed E-state index contributed by atoms with van der Waals surface area (Å²) < 4.78 is 44.7. The first-order valence-electron chi connectivity index (χ1n) is 9.74. The first-order chi connectivity index (χ1) is 15.8. The molecular weight excluding hydrogens is 461 g/mol. The molecule has 1 N–H and O–H groups in total. The summed E-state index contributed by atoms with van der Waals surface area (Å²) in [6, 6.07) is 7.84. The highest BCUT2D eigenvalue weighted by Crippen LogP contribution is 2.32. The van der Waals surface area contributed by atoms with Crippen molar-refractivity contribution in [1.29, 1.82) is 0 Å². The molecule has 0 spiro atoms. The average Bonchev–Trinajstić information content (AvgIpc) is 3.31. The predicted octanol–water partition coefficient (Wildman–Crippen LogP) is 3.53. The zero-order valence-electron chi connectivity index (χ0n) is 17.0. The minimum absolute atomic E-state index is 0.00891. The van der Waals surface area contributed by atoms with Crippen LogP contribution in [0.1, 0.15) is 15.9 Å². The van der Waals surface area contributed by atoms with E-state index in [0.717, 1.165) is 6.07 Å². The van der Waals surface area contributed by atoms with E-state index >= 15 is 0 Å². The number of amides is 2. The number of carbonyl (C=O) groups excluding carboxylic acids is 2. The van der Waals surface area contributed by atoms with Crippen molar-refractivity contribution in [2.24, 2.45) is 0 Å². The largest absolute Gasteiger partial charge is 0.420 e. The summed E-state index contributed by atoms with van der Waals surface area (Å²) in [5.41, 5.74) is -1.31. The minimum atomic E-state index is -4.61. The number of halogens is 3. The van der Waals surface area contributed by atoms with Crippen LogP contribution in [-0.4, -0.2) is 58.3 Å². The Hall–Kier alpha value is -3.74. The minimum Gasteiger partial charge on any atom is -0.389 e. The Kier molecular flexibility index (Phi) is 6.40. The number of carbonyl (C=O) groups is 2. The van der Waals surface area contributed by atoms with Gasteiger partial charge in [0.1, 0.15) is 0 Å². The van der Waals surface area contributed by atoms with Gasteiger partial charge in [0.25, 0.3) is 5.91 Å². The van der Waals surface area contributed by atoms with Crippen LogP contribution in [0.15, 0.2) is 48.0 Å². The van der Waals surface area contributed by atoms with Gasteiger partial charge in [0.2, 0.25) is 5.88 Å². The molecule has 2 amide bonds. The lowest BCUT2D eigenvalue weighted by Gasteiger charge is -2.35. The van der Waals surface area contributed by atoms with Crippen molar-refractivity contribution in [2.45, 2.75) is 6.18 Å². The van der Waals surface area contributed by atoms with Crippen molar-refractivity contribution in [1.82, 2.24) is 20.1 Å². The number of hydrogen-bond donors (Lipinski definition) is 1. The number of nitrogens with one attached hydrogen (secondary N) is 1. The van der Waals surface area contributed by atoms with E-state index in [-0.39, 0.29) is 24.5 Å². The van der Waals surface area contributed by atoms with Crippen molar-refractivity contribution in [3.63, 3.8) is 0 Å². The molecule has 1 aliphatic rings. The molecule has 1 aliphatic heterocycles. The van der Waals surface area contributed by atoms with Crippen LogP contribution in [0.5, 0.6) is 5.88 Å². The summed E-state index contributed by atoms with van der Waals surface area (Å²) in [7, 11) is 0. The molecule has 0 radical (unpaired) electrons. The Bertz CT molecular complexity index is 1120. The molecule has 0 unspecified atom stereocenters. The second kappa shape index (κ2) is 9.40. The van der Waals surface area contributed by atoms with Crippen LogP contribution in [0.25, 0.3) is 0 Å². The SMILES string of the molecule is O=C(Nc1nccs1)Oc1ccc(N2CCN(C(=O)c3ccccc3C(F)(F)F)CC2)nn1. The van der Waals surface area contributed by atoms with Gasteiger partial charge in [-0.25, -0.2) is 9.78 Å². The van der Waals surface area contributed by atoms with Gasteiger partial charge < -0.3 is 14.5 Å². The maximum Gasteiger partial charge on any atom is 0.420 e. The molecule has 1 aromatic carbocycles. The highest BCUT2D eigenvalue weighted by molar-refractivity contribution is 7.13. The monoisotopic (exact) mass is 478 g/mol. The first-order valence-corrected chi connectivity index (χ1v) is 10.6. The number of piperazine rings is 1. The highest BCUT2D eigenvalue weighted by Gasteiger charge is 2.36. The summed E-state index contributed by atoms with van der Waals surface area (Å²) in [6.45, 7) is 1.17. The van der Waals surface area contributed by atoms with Gasteiger partial charge in [0, 0.05) is 43.8 Å². The van der Waals surface area contributed by atoms with Crippen molar-refractivity contribution >= 4 is 34.3 Å². The number of benzene rings is 1. The molecule has 13 heteroatoms. The fourth-order valence-electron chi connectivity index (χ4n) is 3.25. The lowest BCUT2D eigenvalue weighted by atomic mass is 10.1. The molecule has 1 saturated heterocycles. The molecule has 1 fully saturated rings. The van der Waals surface area contributed by atoms with Gasteiger partial charge in [0.05, 0.1) is 11.1 Å². The van der Waals surface area contributed by atoms with Gasteiger partial charge in [-0.3, -0.25) is 10.1 Å². The van der Waals surface area contributed by atoms with E-state index in [1.165, 1.54) is 46.7 Å². The molecule has 2 aromatic heterocycles. The van der Waals surface area contributed by atoms with Crippen LogP contribution in [0, 0.1) is 0 Å². The molecule has 0 saturated carbocycles. The number of anilines is 2. The number of aromatic nitrogens is 3. The number of alkyl halides is 3. The summed E-state index contributed by atoms with van der Waals surface area (Å²) in [4.78, 5) is 31.6. The Morgan fingerprint density at radius 3 is 2.42 bits per heavy atom. The zero-order valence-corrected chi connectivity index (χ0v) is 17.8. The smallest absolute Gasteiger partial charge is 0.389 e. The standard InChI is InChI=1S/C20H17F3N6O3S/c21-20(22,23)14-4-2-1-3-13(14)17(30)29-10-8-28(9-11-29)15-5-6-16(27-26-15)32-19(31)25-18-24-7-12-33-18/h1-7,12H,8-11H2,(H,24,25,31). The molecule has 9 nitrogen and oxygen atoms in total. The third-order valence-electron chi connectivity index (χ3n) is 4.82. The normalized spacial score (nSPS) is 14.2. The fraction of sp³-hybridized carbons (Fsp3) is 0.250. The number of rotatable bonds is 4. The molecule has 0 atom stereocenters. The van der Waals surface area contributed by atoms with Gasteiger partial charge in [-0.2, -0.15) is 13.2 Å². The molecule has 3 aromatic rings. The van der Waals surface area contributed by atoms with Crippen LogP contribution >= 0.6 is 11.3 Å². The number of hydrogen-bond acceptors (Lipinski definition) is 8. The summed E-state index contributed by atoms with van der Waals surface area (Å²) >= 11 is 1.24. The van der Waals surface area contributed by atoms with Gasteiger partial charge in [-0.05, 0) is 18.2 Å². The predicted molar refractivity (Wildman–Crippen MR) is 113 cm³/mol. The van der Waals surface area contributed by atoms with Crippen LogP contribution < -0.4 is 15.0 Å². The maximum absolute atomic E-state index is 13.2. The summed E-state index contributed by atoms with van der Waals surface area (Å²) in [5, 5.41) is 12.4. The molecule has 33 heavy (non-hydrogen) atoms. The van der Waals surface area contributed by atoms with E-state index in [4.69, 9.17) is 4.74 Å². The molecular formula is C20H17F3N6O3S. The second-order valence-electron chi connectivity index (χ2n) is 6.90. The lowest BCUT2D eigenvalue weighted by molar-refractivity contribution is -0.138. The number of ether oxygens (including phenoxy) is 1. The summed E-state index contributed by atoms with van der Waals surface area (Å²) in [5.74, 6) is -0.181. The van der Waals surface area contributed by atoms with E-state index in [2.05, 4.69) is 20.5 Å². The average molecular weight is 478 g/mol. The molecule has 0 aliphatic carbocycles. The third-order valence-corrected chi connectivity index (χ3v) is 5.51. The lowest BCUT2D eigenvalue weighted by Crippen LogP contribution is -2.49. The number of nitrogens with zero attached hydrogens (tertiary/aromatic N) is 5. The van der Waals surface area contributed by atoms with Gasteiger partial charge in [-0.1, -0.05) is 12.1 Å². The van der Waals surface area contributed by atoms with Gasteiger partial charge in [0.15, 0.2) is 10.9 Å². The molecule has 172 valence electrons. The van der Waals surface area contributed by atoms with E-state index in [1.54, 1.807) is 11.4 Å². The van der Waals surface area contributed by atoms with Crippen molar-refractivity contribution in [3.8, 4) is 5.88 Å². The van der Waals surface area contributed by atoms with Crippen molar-refractivity contribution in [2.75, 3.05) is 36.4 Å². The zero-order chi connectivity index (χ0) is 23.4. The Balaban J connectivity index is 1.34. The van der Waals surface area contributed by atoms with E-state index < -0.39 is 23.7 Å². The van der Waals surface area contributed by atoms with Gasteiger partial charge >= 0.3 is 12.3 Å². The Morgan fingerprint density at radius 1 is 1.03 bits per heavy atom. The van der Waals surface area contributed by atoms with Crippen LogP contribution in [-0.2, 0) is 6.18 Å². The maximum atomic E-state index is 13.2. The van der Waals surface area contributed by atoms with E-state index in [9.17, 15) is 22.8 Å². The molecule has 4 rings (SSSR count). The molecule has 0 bridgehead atoms. The Labute approximate surface area is 189 Å². The van der Waals surface area contributed by atoms with Crippen LogP contribution in [0.3, 0.4) is 0 Å². The van der Waals surface area contributed by atoms with Crippen LogP contribution in [0.2, 0.25) is 0 Å². The second-order valence-corrected chi connectivity index (χ2v) is 7.80. The van der Waals surface area contributed by atoms with Crippen molar-refractivity contribution in [3.05, 3.63) is 59.1 Å². The van der Waals surface area contributed by atoms with Crippen molar-refractivity contribution < 1.29 is 27.5 Å². The quantitative estimate of drug-likeness (QED) is 0.612. The summed E-state index contributed by atoms with van der Waals surface area (Å²) in [6.07, 6.45) is -3.82. The topological polar surface area (TPSA) is 101 Å². The van der Waals surface area contributed by atoms with Gasteiger partial charge in [-0.15, -0.1) is 21.5 Å².